The van der Waals surface area contributed by atoms with Gasteiger partial charge in [-0.3, -0.25) is 4.79 Å². The highest BCUT2D eigenvalue weighted by molar-refractivity contribution is 5.94. The number of amides is 1. The summed E-state index contributed by atoms with van der Waals surface area (Å²) in [5, 5.41) is 2.86. The van der Waals surface area contributed by atoms with Crippen molar-refractivity contribution in [3.63, 3.8) is 0 Å². The van der Waals surface area contributed by atoms with Crippen molar-refractivity contribution in [3.8, 4) is 17.2 Å². The van der Waals surface area contributed by atoms with Crippen LogP contribution in [0, 0.1) is 0 Å². The number of carbonyl (C=O) groups is 1. The first-order valence-electron chi connectivity index (χ1n) is 8.11. The van der Waals surface area contributed by atoms with E-state index in [-0.39, 0.29) is 5.91 Å². The van der Waals surface area contributed by atoms with Gasteiger partial charge in [0.1, 0.15) is 23.9 Å². The Morgan fingerprint density at radius 2 is 1.88 bits per heavy atom. The maximum absolute atomic E-state index is 12.5. The summed E-state index contributed by atoms with van der Waals surface area (Å²) in [5.41, 5.74) is 0.656. The Morgan fingerprint density at radius 3 is 2.52 bits per heavy atom. The van der Waals surface area contributed by atoms with Crippen molar-refractivity contribution in [1.82, 2.24) is 0 Å². The summed E-state index contributed by atoms with van der Waals surface area (Å²) in [6, 6.07) is 14.3. The van der Waals surface area contributed by atoms with Crippen LogP contribution in [-0.4, -0.2) is 25.7 Å². The molecular formula is C20H23NO4. The minimum Gasteiger partial charge on any atom is -0.497 e. The summed E-state index contributed by atoms with van der Waals surface area (Å²) in [4.78, 5) is 12.5. The van der Waals surface area contributed by atoms with E-state index in [0.29, 0.717) is 30.2 Å². The summed E-state index contributed by atoms with van der Waals surface area (Å²) in [6.45, 7) is 5.92. The lowest BCUT2D eigenvalue weighted by Gasteiger charge is -2.17. The molecule has 2 aromatic rings. The molecule has 2 aromatic carbocycles. The fourth-order valence-corrected chi connectivity index (χ4v) is 2.18. The third-order valence-electron chi connectivity index (χ3n) is 3.47. The average Bonchev–Trinajstić information content (AvgIpc) is 2.65. The van der Waals surface area contributed by atoms with Crippen LogP contribution < -0.4 is 19.5 Å². The molecule has 5 heteroatoms. The van der Waals surface area contributed by atoms with Crippen LogP contribution in [0.4, 0.5) is 5.69 Å². The standard InChI is InChI=1S/C20H23NO4/c1-4-13-24-18-8-6-7-15(14-18)21-20(22)19(5-2)25-17-11-9-16(23-3)10-12-17/h4,6-12,14,19H,1,5,13H2,2-3H3,(H,21,22)/t19-/m1/s1. The van der Waals surface area contributed by atoms with Crippen LogP contribution in [0.5, 0.6) is 17.2 Å². The van der Waals surface area contributed by atoms with E-state index in [0.717, 1.165) is 5.75 Å². The first kappa shape index (κ1) is 18.4. The summed E-state index contributed by atoms with van der Waals surface area (Å²) >= 11 is 0. The van der Waals surface area contributed by atoms with Crippen LogP contribution >= 0.6 is 0 Å². The van der Waals surface area contributed by atoms with Crippen molar-refractivity contribution >= 4 is 11.6 Å². The van der Waals surface area contributed by atoms with Gasteiger partial charge in [0.15, 0.2) is 6.10 Å². The Labute approximate surface area is 148 Å². The molecule has 0 fully saturated rings. The van der Waals surface area contributed by atoms with Gasteiger partial charge in [-0.1, -0.05) is 25.6 Å². The van der Waals surface area contributed by atoms with Crippen LogP contribution in [0.2, 0.25) is 0 Å². The normalized spacial score (nSPS) is 11.3. The van der Waals surface area contributed by atoms with Crippen molar-refractivity contribution in [1.29, 1.82) is 0 Å². The number of hydrogen-bond donors (Lipinski definition) is 1. The highest BCUT2D eigenvalue weighted by Gasteiger charge is 2.18. The molecule has 132 valence electrons. The lowest BCUT2D eigenvalue weighted by molar-refractivity contribution is -0.122. The number of benzene rings is 2. The minimum absolute atomic E-state index is 0.209. The van der Waals surface area contributed by atoms with Crippen molar-refractivity contribution < 1.29 is 19.0 Å². The lowest BCUT2D eigenvalue weighted by atomic mass is 10.2. The van der Waals surface area contributed by atoms with E-state index in [1.165, 1.54) is 0 Å². The van der Waals surface area contributed by atoms with E-state index in [4.69, 9.17) is 14.2 Å². The molecule has 5 nitrogen and oxygen atoms in total. The van der Waals surface area contributed by atoms with Crippen LogP contribution in [-0.2, 0) is 4.79 Å². The van der Waals surface area contributed by atoms with E-state index in [9.17, 15) is 4.79 Å². The molecule has 0 aliphatic heterocycles. The molecule has 0 saturated carbocycles. The zero-order valence-corrected chi connectivity index (χ0v) is 14.5. The quantitative estimate of drug-likeness (QED) is 0.699. The summed E-state index contributed by atoms with van der Waals surface area (Å²) in [7, 11) is 1.60. The smallest absolute Gasteiger partial charge is 0.265 e. The molecule has 0 saturated heterocycles. The number of anilines is 1. The van der Waals surface area contributed by atoms with Crippen molar-refractivity contribution in [2.75, 3.05) is 19.0 Å². The molecule has 0 aliphatic rings. The zero-order valence-electron chi connectivity index (χ0n) is 14.5. The van der Waals surface area contributed by atoms with Gasteiger partial charge in [0.25, 0.3) is 5.91 Å². The van der Waals surface area contributed by atoms with Gasteiger partial charge in [-0.25, -0.2) is 0 Å². The lowest BCUT2D eigenvalue weighted by Crippen LogP contribution is -2.32. The van der Waals surface area contributed by atoms with Gasteiger partial charge in [0.2, 0.25) is 0 Å². The first-order chi connectivity index (χ1) is 12.2. The Kier molecular flexibility index (Phi) is 6.89. The summed E-state index contributed by atoms with van der Waals surface area (Å²) < 4.78 is 16.4. The monoisotopic (exact) mass is 341 g/mol. The molecule has 25 heavy (non-hydrogen) atoms. The maximum Gasteiger partial charge on any atom is 0.265 e. The predicted molar refractivity (Wildman–Crippen MR) is 98.5 cm³/mol. The Bertz CT molecular complexity index is 697. The largest absolute Gasteiger partial charge is 0.497 e. The first-order valence-corrected chi connectivity index (χ1v) is 8.11. The molecule has 0 aliphatic carbocycles. The van der Waals surface area contributed by atoms with Gasteiger partial charge in [0.05, 0.1) is 7.11 Å². The van der Waals surface area contributed by atoms with Crippen LogP contribution in [0.15, 0.2) is 61.2 Å². The molecule has 0 heterocycles. The number of rotatable bonds is 9. The fraction of sp³-hybridized carbons (Fsp3) is 0.250. The van der Waals surface area contributed by atoms with Crippen LogP contribution in [0.25, 0.3) is 0 Å². The molecule has 0 unspecified atom stereocenters. The second kappa shape index (κ2) is 9.37. The number of hydrogen-bond acceptors (Lipinski definition) is 4. The van der Waals surface area contributed by atoms with Gasteiger partial charge in [-0.2, -0.15) is 0 Å². The van der Waals surface area contributed by atoms with Crippen molar-refractivity contribution in [2.45, 2.75) is 19.4 Å². The Balaban J connectivity index is 2.00. The van der Waals surface area contributed by atoms with Gasteiger partial charge in [-0.05, 0) is 42.8 Å². The summed E-state index contributed by atoms with van der Waals surface area (Å²) in [6.07, 6.45) is 1.62. The molecule has 1 amide bonds. The molecule has 0 spiro atoms. The average molecular weight is 341 g/mol. The highest BCUT2D eigenvalue weighted by Crippen LogP contribution is 2.21. The van der Waals surface area contributed by atoms with Crippen LogP contribution in [0.1, 0.15) is 13.3 Å². The molecule has 1 atom stereocenters. The summed E-state index contributed by atoms with van der Waals surface area (Å²) in [5.74, 6) is 1.81. The highest BCUT2D eigenvalue weighted by atomic mass is 16.5. The van der Waals surface area contributed by atoms with E-state index in [2.05, 4.69) is 11.9 Å². The molecule has 0 aromatic heterocycles. The third kappa shape index (κ3) is 5.57. The maximum atomic E-state index is 12.5. The molecule has 1 N–H and O–H groups in total. The van der Waals surface area contributed by atoms with Crippen molar-refractivity contribution in [3.05, 3.63) is 61.2 Å². The van der Waals surface area contributed by atoms with E-state index < -0.39 is 6.10 Å². The second-order valence-corrected chi connectivity index (χ2v) is 5.31. The fourth-order valence-electron chi connectivity index (χ4n) is 2.18. The SMILES string of the molecule is C=CCOc1cccc(NC(=O)[C@@H](CC)Oc2ccc(OC)cc2)c1. The van der Waals surface area contributed by atoms with Crippen molar-refractivity contribution in [2.24, 2.45) is 0 Å². The van der Waals surface area contributed by atoms with Crippen LogP contribution in [0.3, 0.4) is 0 Å². The number of methoxy groups -OCH3 is 1. The van der Waals surface area contributed by atoms with Gasteiger partial charge >= 0.3 is 0 Å². The number of ether oxygens (including phenoxy) is 3. The third-order valence-corrected chi connectivity index (χ3v) is 3.47. The van der Waals surface area contributed by atoms with Gasteiger partial charge in [-0.15, -0.1) is 0 Å². The molecule has 2 rings (SSSR count). The second-order valence-electron chi connectivity index (χ2n) is 5.31. The van der Waals surface area contributed by atoms with Gasteiger partial charge < -0.3 is 19.5 Å². The predicted octanol–water partition coefficient (Wildman–Crippen LogP) is 4.06. The van der Waals surface area contributed by atoms with Gasteiger partial charge in [0, 0.05) is 11.8 Å². The molecule has 0 radical (unpaired) electrons. The minimum atomic E-state index is -0.592. The molecule has 0 bridgehead atoms. The topological polar surface area (TPSA) is 56.8 Å². The van der Waals surface area contributed by atoms with E-state index >= 15 is 0 Å². The van der Waals surface area contributed by atoms with E-state index in [1.54, 1.807) is 49.6 Å². The zero-order chi connectivity index (χ0) is 18.1. The molecular weight excluding hydrogens is 318 g/mol. The Morgan fingerprint density at radius 1 is 1.16 bits per heavy atom. The Hall–Kier alpha value is -2.95. The number of nitrogens with one attached hydrogen (secondary N) is 1. The van der Waals surface area contributed by atoms with E-state index in [1.807, 2.05) is 19.1 Å². The number of carbonyl (C=O) groups excluding carboxylic acids is 1.